The molecule has 0 spiro atoms. The summed E-state index contributed by atoms with van der Waals surface area (Å²) in [6.07, 6.45) is 2.44. The monoisotopic (exact) mass is 330 g/mol. The Kier molecular flexibility index (Phi) is 3.27. The Labute approximate surface area is 136 Å². The fraction of sp³-hybridized carbons (Fsp3) is 0.188. The van der Waals surface area contributed by atoms with Crippen LogP contribution in [-0.4, -0.2) is 32.3 Å². The fourth-order valence-corrected chi connectivity index (χ4v) is 3.02. The second-order valence-electron chi connectivity index (χ2n) is 5.42. The first-order valence-electron chi connectivity index (χ1n) is 7.19. The van der Waals surface area contributed by atoms with Crippen molar-refractivity contribution in [2.24, 2.45) is 0 Å². The van der Waals surface area contributed by atoms with E-state index in [2.05, 4.69) is 15.0 Å². The first kappa shape index (κ1) is 14.1. The van der Waals surface area contributed by atoms with E-state index in [4.69, 9.17) is 11.6 Å². The zero-order valence-corrected chi connectivity index (χ0v) is 12.8. The highest BCUT2D eigenvalue weighted by Crippen LogP contribution is 2.25. The normalized spacial score (nSPS) is 14.1. The number of rotatable bonds is 1. The van der Waals surface area contributed by atoms with E-state index in [0.717, 1.165) is 11.3 Å². The third kappa shape index (κ3) is 2.35. The van der Waals surface area contributed by atoms with Gasteiger partial charge in [0.05, 0.1) is 10.5 Å². The minimum absolute atomic E-state index is 0.0833. The van der Waals surface area contributed by atoms with Crippen LogP contribution in [0.5, 0.6) is 0 Å². The smallest absolute Gasteiger partial charge is 0.289 e. The van der Waals surface area contributed by atoms with Crippen molar-refractivity contribution in [1.29, 1.82) is 0 Å². The zero-order chi connectivity index (χ0) is 16.0. The van der Waals surface area contributed by atoms with Gasteiger partial charge in [-0.1, -0.05) is 17.7 Å². The van der Waals surface area contributed by atoms with Gasteiger partial charge < -0.3 is 9.88 Å². The highest BCUT2D eigenvalue weighted by atomic mass is 35.5. The molecule has 0 aliphatic carbocycles. The number of aromatic nitrogens is 3. The Hall–Kier alpha value is -2.47. The molecule has 1 aromatic carbocycles. The zero-order valence-electron chi connectivity index (χ0n) is 12.0. The lowest BCUT2D eigenvalue weighted by Crippen LogP contribution is -2.36. The average Bonchev–Trinajstić information content (AvgIpc) is 3.04. The maximum absolute atomic E-state index is 13.8. The molecule has 3 heterocycles. The maximum atomic E-state index is 13.8. The number of nitrogens with zero attached hydrogens (tertiary/aromatic N) is 3. The molecule has 1 aliphatic heterocycles. The number of fused-ring (bicyclic) bond motifs is 2. The Bertz CT molecular complexity index is 885. The summed E-state index contributed by atoms with van der Waals surface area (Å²) in [6.45, 7) is 1.02. The molecule has 1 aliphatic rings. The number of carbonyl (C=O) groups excluding carboxylic acids is 1. The first-order chi connectivity index (χ1) is 11.1. The molecule has 0 fully saturated rings. The standard InChI is InChI=1S/C16H12ClFN4O/c17-10-3-4-11(18)14-13(10)20-15(21-14)16(23)22-7-5-12-9(8-22)2-1-6-19-12/h1-4,6H,5,7-8H2,(H,20,21). The maximum Gasteiger partial charge on any atom is 0.289 e. The third-order valence-corrected chi connectivity index (χ3v) is 4.31. The van der Waals surface area contributed by atoms with E-state index < -0.39 is 5.82 Å². The number of benzene rings is 1. The molecule has 0 bridgehead atoms. The van der Waals surface area contributed by atoms with Crippen molar-refractivity contribution in [2.75, 3.05) is 6.54 Å². The quantitative estimate of drug-likeness (QED) is 0.746. The number of carbonyl (C=O) groups is 1. The van der Waals surface area contributed by atoms with Crippen LogP contribution in [-0.2, 0) is 13.0 Å². The van der Waals surface area contributed by atoms with E-state index in [-0.39, 0.29) is 17.2 Å². The van der Waals surface area contributed by atoms with E-state index in [9.17, 15) is 9.18 Å². The Morgan fingerprint density at radius 2 is 2.22 bits per heavy atom. The number of pyridine rings is 1. The molecule has 0 atom stereocenters. The lowest BCUT2D eigenvalue weighted by atomic mass is 10.1. The van der Waals surface area contributed by atoms with Crippen LogP contribution in [0.3, 0.4) is 0 Å². The van der Waals surface area contributed by atoms with Crippen molar-refractivity contribution in [1.82, 2.24) is 19.9 Å². The number of hydrogen-bond acceptors (Lipinski definition) is 3. The molecule has 0 saturated carbocycles. The minimum atomic E-state index is -0.507. The van der Waals surface area contributed by atoms with Crippen LogP contribution in [0.1, 0.15) is 21.9 Å². The molecular formula is C16H12ClFN4O. The molecule has 0 unspecified atom stereocenters. The molecule has 23 heavy (non-hydrogen) atoms. The summed E-state index contributed by atoms with van der Waals surface area (Å²) in [5, 5.41) is 0.334. The molecule has 4 rings (SSSR count). The van der Waals surface area contributed by atoms with Gasteiger partial charge in [-0.15, -0.1) is 0 Å². The van der Waals surface area contributed by atoms with Crippen molar-refractivity contribution < 1.29 is 9.18 Å². The molecule has 116 valence electrons. The van der Waals surface area contributed by atoms with Gasteiger partial charge in [0, 0.05) is 31.4 Å². The lowest BCUT2D eigenvalue weighted by molar-refractivity contribution is 0.0722. The Morgan fingerprint density at radius 1 is 1.35 bits per heavy atom. The summed E-state index contributed by atoms with van der Waals surface area (Å²) in [5.41, 5.74) is 2.46. The third-order valence-electron chi connectivity index (χ3n) is 4.00. The van der Waals surface area contributed by atoms with E-state index >= 15 is 0 Å². The summed E-state index contributed by atoms with van der Waals surface area (Å²) < 4.78 is 13.8. The molecule has 0 saturated heterocycles. The fourth-order valence-electron chi connectivity index (χ4n) is 2.82. The minimum Gasteiger partial charge on any atom is -0.333 e. The van der Waals surface area contributed by atoms with Crippen LogP contribution in [0.2, 0.25) is 5.02 Å². The summed E-state index contributed by atoms with van der Waals surface area (Å²) in [7, 11) is 0. The van der Waals surface area contributed by atoms with Crippen LogP contribution in [0.15, 0.2) is 30.5 Å². The van der Waals surface area contributed by atoms with Crippen molar-refractivity contribution in [3.05, 3.63) is 58.4 Å². The Balaban J connectivity index is 1.68. The second-order valence-corrected chi connectivity index (χ2v) is 5.83. The summed E-state index contributed by atoms with van der Waals surface area (Å²) in [4.78, 5) is 25.6. The summed E-state index contributed by atoms with van der Waals surface area (Å²) in [6, 6.07) is 6.48. The van der Waals surface area contributed by atoms with Crippen LogP contribution in [0.4, 0.5) is 4.39 Å². The molecule has 5 nitrogen and oxygen atoms in total. The summed E-state index contributed by atoms with van der Waals surface area (Å²) >= 11 is 6.03. The largest absolute Gasteiger partial charge is 0.333 e. The van der Waals surface area contributed by atoms with Gasteiger partial charge in [-0.05, 0) is 23.8 Å². The van der Waals surface area contributed by atoms with Gasteiger partial charge in [-0.3, -0.25) is 9.78 Å². The van der Waals surface area contributed by atoms with E-state index in [1.54, 1.807) is 11.1 Å². The van der Waals surface area contributed by atoms with Gasteiger partial charge >= 0.3 is 0 Å². The number of hydrogen-bond donors (Lipinski definition) is 1. The highest BCUT2D eigenvalue weighted by Gasteiger charge is 2.25. The Morgan fingerprint density at radius 3 is 3.04 bits per heavy atom. The first-order valence-corrected chi connectivity index (χ1v) is 7.57. The molecule has 0 radical (unpaired) electrons. The van der Waals surface area contributed by atoms with E-state index in [0.29, 0.717) is 30.0 Å². The molecular weight excluding hydrogens is 319 g/mol. The predicted molar refractivity (Wildman–Crippen MR) is 83.7 cm³/mol. The van der Waals surface area contributed by atoms with Crippen LogP contribution >= 0.6 is 11.6 Å². The average molecular weight is 331 g/mol. The molecule has 2 aromatic heterocycles. The van der Waals surface area contributed by atoms with Gasteiger partial charge in [-0.25, -0.2) is 9.37 Å². The number of imidazole rings is 1. The predicted octanol–water partition coefficient (Wildman–Crippen LogP) is 2.95. The number of aromatic amines is 1. The van der Waals surface area contributed by atoms with Gasteiger partial charge in [-0.2, -0.15) is 0 Å². The van der Waals surface area contributed by atoms with Crippen LogP contribution in [0, 0.1) is 5.82 Å². The summed E-state index contributed by atoms with van der Waals surface area (Å²) in [5.74, 6) is -0.682. The van der Waals surface area contributed by atoms with E-state index in [1.165, 1.54) is 12.1 Å². The molecule has 7 heteroatoms. The van der Waals surface area contributed by atoms with Gasteiger partial charge in [0.25, 0.3) is 5.91 Å². The number of H-pyrrole nitrogens is 1. The molecule has 3 aromatic rings. The SMILES string of the molecule is O=C(c1nc2c(F)ccc(Cl)c2[nH]1)N1CCc2ncccc2C1. The van der Waals surface area contributed by atoms with Crippen molar-refractivity contribution in [3.8, 4) is 0 Å². The highest BCUT2D eigenvalue weighted by molar-refractivity contribution is 6.35. The second kappa shape index (κ2) is 5.31. The number of nitrogens with one attached hydrogen (secondary N) is 1. The van der Waals surface area contributed by atoms with Crippen molar-refractivity contribution in [2.45, 2.75) is 13.0 Å². The number of halogens is 2. The topological polar surface area (TPSA) is 61.9 Å². The van der Waals surface area contributed by atoms with Crippen molar-refractivity contribution in [3.63, 3.8) is 0 Å². The molecule has 1 N–H and O–H groups in total. The van der Waals surface area contributed by atoms with Crippen LogP contribution in [0.25, 0.3) is 11.0 Å². The van der Waals surface area contributed by atoms with Gasteiger partial charge in [0.2, 0.25) is 0 Å². The lowest BCUT2D eigenvalue weighted by Gasteiger charge is -2.27. The van der Waals surface area contributed by atoms with Crippen LogP contribution < -0.4 is 0 Å². The van der Waals surface area contributed by atoms with Crippen molar-refractivity contribution >= 4 is 28.5 Å². The van der Waals surface area contributed by atoms with Gasteiger partial charge in [0.1, 0.15) is 5.52 Å². The number of amides is 1. The van der Waals surface area contributed by atoms with Gasteiger partial charge in [0.15, 0.2) is 11.6 Å². The van der Waals surface area contributed by atoms with E-state index in [1.807, 2.05) is 12.1 Å². The molecule has 1 amide bonds.